The minimum atomic E-state index is -3.75. The topological polar surface area (TPSA) is 71.5 Å². The van der Waals surface area contributed by atoms with Crippen molar-refractivity contribution in [3.8, 4) is 0 Å². The third-order valence-corrected chi connectivity index (χ3v) is 7.89. The Bertz CT molecular complexity index is 996. The highest BCUT2D eigenvalue weighted by Gasteiger charge is 2.41. The van der Waals surface area contributed by atoms with Gasteiger partial charge in [0.15, 0.2) is 9.84 Å². The van der Waals surface area contributed by atoms with Crippen LogP contribution in [0.2, 0.25) is 5.02 Å². The zero-order valence-electron chi connectivity index (χ0n) is 14.5. The van der Waals surface area contributed by atoms with Gasteiger partial charge in [0.2, 0.25) is 10.0 Å². The highest BCUT2D eigenvalue weighted by atomic mass is 35.5. The molecule has 1 aliphatic rings. The number of hydrogen-bond acceptors (Lipinski definition) is 4. The van der Waals surface area contributed by atoms with E-state index in [2.05, 4.69) is 0 Å². The normalized spacial score (nSPS) is 16.6. The Morgan fingerprint density at radius 3 is 1.88 bits per heavy atom. The summed E-state index contributed by atoms with van der Waals surface area (Å²) in [6.45, 7) is 1.85. The van der Waals surface area contributed by atoms with Gasteiger partial charge in [0.25, 0.3) is 0 Å². The van der Waals surface area contributed by atoms with Crippen LogP contribution in [0.15, 0.2) is 58.3 Å². The fourth-order valence-electron chi connectivity index (χ4n) is 2.92. The monoisotopic (exact) mass is 413 g/mol. The molecule has 0 bridgehead atoms. The van der Waals surface area contributed by atoms with Gasteiger partial charge in [-0.2, -0.15) is 4.31 Å². The lowest BCUT2D eigenvalue weighted by atomic mass is 10.1. The van der Waals surface area contributed by atoms with E-state index in [1.54, 1.807) is 12.1 Å². The van der Waals surface area contributed by atoms with Crippen molar-refractivity contribution in [3.63, 3.8) is 0 Å². The molecular formula is C18H20ClNO4S2. The van der Waals surface area contributed by atoms with Gasteiger partial charge in [-0.1, -0.05) is 23.7 Å². The number of halogens is 1. The zero-order valence-corrected chi connectivity index (χ0v) is 16.9. The Kier molecular flexibility index (Phi) is 5.18. The molecule has 140 valence electrons. The Balaban J connectivity index is 1.97. The molecule has 0 amide bonds. The summed E-state index contributed by atoms with van der Waals surface area (Å²) in [6, 6.07) is 12.1. The number of nitrogens with zero attached hydrogens (tertiary/aromatic N) is 1. The van der Waals surface area contributed by atoms with Crippen LogP contribution < -0.4 is 0 Å². The number of hydrogen-bond donors (Lipinski definition) is 0. The number of rotatable bonds is 6. The van der Waals surface area contributed by atoms with Crippen LogP contribution in [0, 0.1) is 0 Å². The quantitative estimate of drug-likeness (QED) is 0.724. The maximum Gasteiger partial charge on any atom is 0.243 e. The molecule has 8 heteroatoms. The van der Waals surface area contributed by atoms with Crippen LogP contribution in [0.4, 0.5) is 0 Å². The molecule has 1 fully saturated rings. The van der Waals surface area contributed by atoms with Crippen molar-refractivity contribution in [3.05, 3.63) is 59.1 Å². The number of sulfone groups is 1. The van der Waals surface area contributed by atoms with Crippen molar-refractivity contribution >= 4 is 31.5 Å². The van der Waals surface area contributed by atoms with Gasteiger partial charge >= 0.3 is 0 Å². The van der Waals surface area contributed by atoms with E-state index >= 15 is 0 Å². The van der Waals surface area contributed by atoms with Crippen LogP contribution in [0.1, 0.15) is 31.4 Å². The smallest absolute Gasteiger partial charge is 0.224 e. The Morgan fingerprint density at radius 2 is 1.42 bits per heavy atom. The minimum absolute atomic E-state index is 0.0414. The van der Waals surface area contributed by atoms with Gasteiger partial charge in [0.05, 0.1) is 9.79 Å². The average Bonchev–Trinajstić information content (AvgIpc) is 3.39. The largest absolute Gasteiger partial charge is 0.243 e. The summed E-state index contributed by atoms with van der Waals surface area (Å²) in [6.07, 6.45) is 2.73. The first kappa shape index (κ1) is 19.4. The fourth-order valence-corrected chi connectivity index (χ4v) is 5.54. The first-order chi connectivity index (χ1) is 12.1. The van der Waals surface area contributed by atoms with E-state index in [0.29, 0.717) is 5.02 Å². The van der Waals surface area contributed by atoms with Gasteiger partial charge in [-0.05, 0) is 61.7 Å². The van der Waals surface area contributed by atoms with Gasteiger partial charge in [0.1, 0.15) is 0 Å². The Hall–Kier alpha value is -1.41. The van der Waals surface area contributed by atoms with Crippen LogP contribution in [0.3, 0.4) is 0 Å². The van der Waals surface area contributed by atoms with Crippen molar-refractivity contribution < 1.29 is 16.8 Å². The summed E-state index contributed by atoms with van der Waals surface area (Å²) in [5.74, 6) is 0. The van der Waals surface area contributed by atoms with Gasteiger partial charge < -0.3 is 0 Å². The average molecular weight is 414 g/mol. The second-order valence-electron chi connectivity index (χ2n) is 6.54. The number of benzene rings is 2. The Labute approximate surface area is 159 Å². The lowest BCUT2D eigenvalue weighted by Crippen LogP contribution is -2.35. The molecule has 0 radical (unpaired) electrons. The van der Waals surface area contributed by atoms with Crippen LogP contribution in [0.25, 0.3) is 0 Å². The maximum atomic E-state index is 13.2. The SMILES string of the molecule is C[C@H](c1ccc(Cl)cc1)N(C1CC1)S(=O)(=O)c1ccc(S(C)(=O)=O)cc1. The molecule has 3 rings (SSSR count). The van der Waals surface area contributed by atoms with E-state index in [1.165, 1.54) is 28.6 Å². The molecule has 0 aromatic heterocycles. The zero-order chi connectivity index (χ0) is 19.1. The molecule has 1 atom stereocenters. The summed E-state index contributed by atoms with van der Waals surface area (Å²) in [5.41, 5.74) is 0.859. The molecule has 1 saturated carbocycles. The van der Waals surface area contributed by atoms with Crippen LogP contribution in [-0.4, -0.2) is 33.4 Å². The molecule has 0 saturated heterocycles. The predicted molar refractivity (Wildman–Crippen MR) is 101 cm³/mol. The highest BCUT2D eigenvalue weighted by molar-refractivity contribution is 7.90. The molecule has 2 aromatic carbocycles. The molecule has 0 spiro atoms. The van der Waals surface area contributed by atoms with Gasteiger partial charge in [-0.25, -0.2) is 16.8 Å². The molecule has 26 heavy (non-hydrogen) atoms. The third-order valence-electron chi connectivity index (χ3n) is 4.47. The molecule has 0 aliphatic heterocycles. The molecule has 5 nitrogen and oxygen atoms in total. The Morgan fingerprint density at radius 1 is 0.923 bits per heavy atom. The van der Waals surface area contributed by atoms with E-state index in [9.17, 15) is 16.8 Å². The second-order valence-corrected chi connectivity index (χ2v) is 10.8. The van der Waals surface area contributed by atoms with Crippen LogP contribution >= 0.6 is 11.6 Å². The van der Waals surface area contributed by atoms with Crippen molar-refractivity contribution in [1.29, 1.82) is 0 Å². The third kappa shape index (κ3) is 3.96. The van der Waals surface area contributed by atoms with Crippen molar-refractivity contribution in [1.82, 2.24) is 4.31 Å². The molecule has 2 aromatic rings. The van der Waals surface area contributed by atoms with Crippen molar-refractivity contribution in [2.75, 3.05) is 6.26 Å². The lowest BCUT2D eigenvalue weighted by Gasteiger charge is -2.29. The summed E-state index contributed by atoms with van der Waals surface area (Å²) >= 11 is 5.93. The predicted octanol–water partition coefficient (Wildman–Crippen LogP) is 3.66. The fraction of sp³-hybridized carbons (Fsp3) is 0.333. The minimum Gasteiger partial charge on any atom is -0.224 e. The molecular weight excluding hydrogens is 394 g/mol. The molecule has 0 N–H and O–H groups in total. The standard InChI is InChI=1S/C18H20ClNO4S2/c1-13(14-3-5-15(19)6-4-14)20(16-7-8-16)26(23,24)18-11-9-17(10-12-18)25(2,21)22/h3-6,9-13,16H,7-8H2,1-2H3/t13-/m1/s1. The van der Waals surface area contributed by atoms with Gasteiger partial charge in [-0.15, -0.1) is 0 Å². The van der Waals surface area contributed by atoms with Crippen molar-refractivity contribution in [2.45, 2.75) is 41.6 Å². The molecule has 0 heterocycles. The summed E-state index contributed by atoms with van der Waals surface area (Å²) in [5, 5.41) is 0.596. The summed E-state index contributed by atoms with van der Waals surface area (Å²) in [7, 11) is -7.13. The van der Waals surface area contributed by atoms with Gasteiger partial charge in [0, 0.05) is 23.4 Å². The van der Waals surface area contributed by atoms with Crippen LogP contribution in [0.5, 0.6) is 0 Å². The summed E-state index contributed by atoms with van der Waals surface area (Å²) < 4.78 is 51.1. The van der Waals surface area contributed by atoms with E-state index in [1.807, 2.05) is 19.1 Å². The van der Waals surface area contributed by atoms with E-state index in [4.69, 9.17) is 11.6 Å². The highest BCUT2D eigenvalue weighted by Crippen LogP contribution is 2.39. The van der Waals surface area contributed by atoms with Crippen LogP contribution in [-0.2, 0) is 19.9 Å². The molecule has 0 unspecified atom stereocenters. The van der Waals surface area contributed by atoms with E-state index in [0.717, 1.165) is 24.7 Å². The number of sulfonamides is 1. The lowest BCUT2D eigenvalue weighted by molar-refractivity contribution is 0.334. The van der Waals surface area contributed by atoms with E-state index in [-0.39, 0.29) is 21.9 Å². The molecule has 1 aliphatic carbocycles. The maximum absolute atomic E-state index is 13.2. The second kappa shape index (κ2) is 6.96. The first-order valence-corrected chi connectivity index (χ1v) is 11.9. The van der Waals surface area contributed by atoms with Crippen molar-refractivity contribution in [2.24, 2.45) is 0 Å². The summed E-state index contributed by atoms with van der Waals surface area (Å²) in [4.78, 5) is 0.192. The van der Waals surface area contributed by atoms with Gasteiger partial charge in [-0.3, -0.25) is 0 Å². The first-order valence-electron chi connectivity index (χ1n) is 8.20. The van der Waals surface area contributed by atoms with E-state index < -0.39 is 19.9 Å².